The lowest BCUT2D eigenvalue weighted by Gasteiger charge is -2.23. The number of nitrogens with one attached hydrogen (secondary N) is 2. The lowest BCUT2D eigenvalue weighted by atomic mass is 10.1. The first-order valence-corrected chi connectivity index (χ1v) is 6.68. The third kappa shape index (κ3) is 3.90. The SMILES string of the molecule is FC(F)(F)c1ccc(SNC2CCNCC2)cc1. The van der Waals surface area contributed by atoms with Gasteiger partial charge in [-0.25, -0.2) is 0 Å². The fraction of sp³-hybridized carbons (Fsp3) is 0.500. The van der Waals surface area contributed by atoms with Gasteiger partial charge in [0.25, 0.3) is 0 Å². The zero-order chi connectivity index (χ0) is 13.0. The molecule has 0 saturated carbocycles. The van der Waals surface area contributed by atoms with E-state index in [4.69, 9.17) is 0 Å². The van der Waals surface area contributed by atoms with E-state index in [1.807, 2.05) is 0 Å². The minimum absolute atomic E-state index is 0.429. The summed E-state index contributed by atoms with van der Waals surface area (Å²) in [4.78, 5) is 0.807. The summed E-state index contributed by atoms with van der Waals surface area (Å²) in [6, 6.07) is 5.67. The third-order valence-corrected chi connectivity index (χ3v) is 3.82. The highest BCUT2D eigenvalue weighted by Gasteiger charge is 2.29. The molecule has 0 amide bonds. The van der Waals surface area contributed by atoms with Crippen LogP contribution < -0.4 is 10.0 Å². The Morgan fingerprint density at radius 1 is 1.11 bits per heavy atom. The Morgan fingerprint density at radius 3 is 2.28 bits per heavy atom. The summed E-state index contributed by atoms with van der Waals surface area (Å²) >= 11 is 1.40. The van der Waals surface area contributed by atoms with Gasteiger partial charge < -0.3 is 5.32 Å². The minimum atomic E-state index is -4.26. The van der Waals surface area contributed by atoms with Gasteiger partial charge in [0.1, 0.15) is 0 Å². The van der Waals surface area contributed by atoms with Crippen LogP contribution in [0.25, 0.3) is 0 Å². The van der Waals surface area contributed by atoms with E-state index in [1.165, 1.54) is 24.1 Å². The Labute approximate surface area is 108 Å². The Balaban J connectivity index is 1.86. The van der Waals surface area contributed by atoms with Crippen molar-refractivity contribution in [3.05, 3.63) is 29.8 Å². The zero-order valence-electron chi connectivity index (χ0n) is 9.76. The maximum Gasteiger partial charge on any atom is 0.416 e. The van der Waals surface area contributed by atoms with Crippen molar-refractivity contribution in [2.24, 2.45) is 0 Å². The molecule has 0 bridgehead atoms. The van der Waals surface area contributed by atoms with Crippen LogP contribution in [0.5, 0.6) is 0 Å². The molecule has 0 unspecified atom stereocenters. The molecule has 0 aliphatic carbocycles. The molecule has 6 heteroatoms. The van der Waals surface area contributed by atoms with Crippen molar-refractivity contribution in [1.82, 2.24) is 10.0 Å². The molecule has 1 fully saturated rings. The highest BCUT2D eigenvalue weighted by Crippen LogP contribution is 2.30. The summed E-state index contributed by atoms with van der Waals surface area (Å²) in [5.74, 6) is 0. The van der Waals surface area contributed by atoms with Crippen molar-refractivity contribution in [3.8, 4) is 0 Å². The number of benzene rings is 1. The van der Waals surface area contributed by atoms with E-state index in [0.29, 0.717) is 6.04 Å². The number of alkyl halides is 3. The fourth-order valence-corrected chi connectivity index (χ4v) is 2.61. The van der Waals surface area contributed by atoms with Crippen LogP contribution in [0.3, 0.4) is 0 Å². The van der Waals surface area contributed by atoms with E-state index in [2.05, 4.69) is 10.0 Å². The van der Waals surface area contributed by atoms with Crippen LogP contribution in [0.15, 0.2) is 29.2 Å². The first-order chi connectivity index (χ1) is 8.55. The van der Waals surface area contributed by atoms with E-state index in [-0.39, 0.29) is 0 Å². The summed E-state index contributed by atoms with van der Waals surface area (Å²) in [5.41, 5.74) is -0.603. The normalized spacial score (nSPS) is 17.9. The number of piperidine rings is 1. The van der Waals surface area contributed by atoms with Gasteiger partial charge in [0, 0.05) is 10.9 Å². The molecule has 1 aliphatic rings. The minimum Gasteiger partial charge on any atom is -0.317 e. The molecule has 0 atom stereocenters. The molecule has 18 heavy (non-hydrogen) atoms. The van der Waals surface area contributed by atoms with Crippen molar-refractivity contribution in [3.63, 3.8) is 0 Å². The maximum atomic E-state index is 12.4. The van der Waals surface area contributed by atoms with Gasteiger partial charge in [-0.05, 0) is 62.1 Å². The summed E-state index contributed by atoms with van der Waals surface area (Å²) < 4.78 is 40.4. The standard InChI is InChI=1S/C12H15F3N2S/c13-12(14,15)9-1-3-11(4-2-9)18-17-10-5-7-16-8-6-10/h1-4,10,16-17H,5-8H2. The topological polar surface area (TPSA) is 24.1 Å². The maximum absolute atomic E-state index is 12.4. The Morgan fingerprint density at radius 2 is 1.72 bits per heavy atom. The average Bonchev–Trinajstić information content (AvgIpc) is 2.37. The number of hydrogen-bond donors (Lipinski definition) is 2. The Kier molecular flexibility index (Phi) is 4.53. The number of hydrogen-bond acceptors (Lipinski definition) is 3. The molecule has 1 saturated heterocycles. The van der Waals surface area contributed by atoms with Gasteiger partial charge in [0.05, 0.1) is 5.56 Å². The molecule has 100 valence electrons. The fourth-order valence-electron chi connectivity index (χ4n) is 1.80. The van der Waals surface area contributed by atoms with Crippen LogP contribution in [-0.2, 0) is 6.18 Å². The predicted molar refractivity (Wildman–Crippen MR) is 66.3 cm³/mol. The quantitative estimate of drug-likeness (QED) is 0.830. The van der Waals surface area contributed by atoms with Gasteiger partial charge in [0.15, 0.2) is 0 Å². The lowest BCUT2D eigenvalue weighted by Crippen LogP contribution is -2.37. The van der Waals surface area contributed by atoms with Crippen molar-refractivity contribution in [2.45, 2.75) is 30.0 Å². The summed E-state index contributed by atoms with van der Waals surface area (Å²) in [7, 11) is 0. The summed E-state index contributed by atoms with van der Waals surface area (Å²) in [6.07, 6.45) is -2.16. The zero-order valence-corrected chi connectivity index (χ0v) is 10.6. The monoisotopic (exact) mass is 276 g/mol. The Hall–Kier alpha value is -0.720. The van der Waals surface area contributed by atoms with Crippen molar-refractivity contribution >= 4 is 11.9 Å². The molecule has 2 rings (SSSR count). The van der Waals surface area contributed by atoms with Crippen molar-refractivity contribution in [2.75, 3.05) is 13.1 Å². The first-order valence-electron chi connectivity index (χ1n) is 5.86. The summed E-state index contributed by atoms with van der Waals surface area (Å²) in [6.45, 7) is 1.98. The third-order valence-electron chi connectivity index (χ3n) is 2.86. The van der Waals surface area contributed by atoms with Gasteiger partial charge in [-0.3, -0.25) is 4.72 Å². The highest BCUT2D eigenvalue weighted by atomic mass is 32.2. The van der Waals surface area contributed by atoms with E-state index in [1.54, 1.807) is 0 Å². The number of rotatable bonds is 3. The second-order valence-electron chi connectivity index (χ2n) is 4.27. The molecule has 1 aromatic rings. The van der Waals surface area contributed by atoms with Crippen LogP contribution in [-0.4, -0.2) is 19.1 Å². The van der Waals surface area contributed by atoms with Gasteiger partial charge in [-0.2, -0.15) is 13.2 Å². The molecule has 0 aromatic heterocycles. The Bertz CT molecular complexity index is 372. The molecule has 1 aliphatic heterocycles. The average molecular weight is 276 g/mol. The van der Waals surface area contributed by atoms with Crippen LogP contribution in [0.2, 0.25) is 0 Å². The molecular weight excluding hydrogens is 261 g/mol. The van der Waals surface area contributed by atoms with E-state index in [0.717, 1.165) is 43.0 Å². The second-order valence-corrected chi connectivity index (χ2v) is 5.18. The van der Waals surface area contributed by atoms with E-state index in [9.17, 15) is 13.2 Å². The van der Waals surface area contributed by atoms with Crippen LogP contribution >= 0.6 is 11.9 Å². The largest absolute Gasteiger partial charge is 0.416 e. The van der Waals surface area contributed by atoms with Crippen molar-refractivity contribution < 1.29 is 13.2 Å². The van der Waals surface area contributed by atoms with E-state index < -0.39 is 11.7 Å². The molecule has 1 heterocycles. The molecule has 2 nitrogen and oxygen atoms in total. The molecular formula is C12H15F3N2S. The van der Waals surface area contributed by atoms with Crippen LogP contribution in [0.1, 0.15) is 18.4 Å². The van der Waals surface area contributed by atoms with Crippen LogP contribution in [0.4, 0.5) is 13.2 Å². The molecule has 0 spiro atoms. The van der Waals surface area contributed by atoms with Gasteiger partial charge in [0.2, 0.25) is 0 Å². The first kappa shape index (κ1) is 13.7. The van der Waals surface area contributed by atoms with Crippen molar-refractivity contribution in [1.29, 1.82) is 0 Å². The van der Waals surface area contributed by atoms with Gasteiger partial charge >= 0.3 is 6.18 Å². The predicted octanol–water partition coefficient (Wildman–Crippen LogP) is 3.05. The second kappa shape index (κ2) is 5.95. The lowest BCUT2D eigenvalue weighted by molar-refractivity contribution is -0.137. The summed E-state index contributed by atoms with van der Waals surface area (Å²) in [5, 5.41) is 3.26. The molecule has 0 radical (unpaired) electrons. The van der Waals surface area contributed by atoms with Gasteiger partial charge in [-0.15, -0.1) is 0 Å². The number of halogens is 3. The van der Waals surface area contributed by atoms with Crippen LogP contribution in [0, 0.1) is 0 Å². The highest BCUT2D eigenvalue weighted by molar-refractivity contribution is 7.97. The van der Waals surface area contributed by atoms with E-state index >= 15 is 0 Å². The van der Waals surface area contributed by atoms with Gasteiger partial charge in [-0.1, -0.05) is 0 Å². The smallest absolute Gasteiger partial charge is 0.317 e. The molecule has 1 aromatic carbocycles. The molecule has 2 N–H and O–H groups in total.